The van der Waals surface area contributed by atoms with Crippen molar-refractivity contribution in [1.29, 1.82) is 0 Å². The first-order chi connectivity index (χ1) is 7.81. The zero-order valence-electron chi connectivity index (χ0n) is 9.46. The molecule has 5 heteroatoms. The molecule has 0 atom stereocenters. The number of aliphatic hydroxyl groups excluding tert-OH is 1. The molecule has 1 aliphatic heterocycles. The van der Waals surface area contributed by atoms with E-state index in [0.29, 0.717) is 11.7 Å². The van der Waals surface area contributed by atoms with Crippen molar-refractivity contribution < 1.29 is 9.84 Å². The third-order valence-electron chi connectivity index (χ3n) is 2.97. The van der Waals surface area contributed by atoms with Gasteiger partial charge in [-0.05, 0) is 25.0 Å². The number of ether oxygens (including phenoxy) is 1. The lowest BCUT2D eigenvalue weighted by Crippen LogP contribution is -2.37. The molecule has 0 bridgehead atoms. The first-order valence-corrected chi connectivity index (χ1v) is 5.55. The van der Waals surface area contributed by atoms with Crippen LogP contribution >= 0.6 is 0 Å². The zero-order valence-corrected chi connectivity index (χ0v) is 9.46. The highest BCUT2D eigenvalue weighted by atomic mass is 16.5. The quantitative estimate of drug-likeness (QED) is 0.812. The Labute approximate surface area is 95.1 Å². The molecular formula is C11H17N3O2. The second-order valence-corrected chi connectivity index (χ2v) is 4.00. The van der Waals surface area contributed by atoms with Crippen molar-refractivity contribution in [3.05, 3.63) is 17.8 Å². The smallest absolute Gasteiger partial charge is 0.151 e. The van der Waals surface area contributed by atoms with Crippen LogP contribution in [0.3, 0.4) is 0 Å². The Morgan fingerprint density at radius 3 is 2.69 bits per heavy atom. The van der Waals surface area contributed by atoms with Crippen LogP contribution in [0.1, 0.15) is 18.5 Å². The van der Waals surface area contributed by atoms with E-state index < -0.39 is 0 Å². The van der Waals surface area contributed by atoms with Gasteiger partial charge in [0.05, 0.1) is 12.3 Å². The van der Waals surface area contributed by atoms with Gasteiger partial charge in [-0.1, -0.05) is 0 Å². The molecule has 1 aliphatic rings. The molecule has 0 spiro atoms. The maximum atomic E-state index is 8.88. The highest BCUT2D eigenvalue weighted by Crippen LogP contribution is 2.18. The van der Waals surface area contributed by atoms with Crippen LogP contribution in [-0.4, -0.2) is 41.6 Å². The fourth-order valence-electron chi connectivity index (χ4n) is 1.88. The van der Waals surface area contributed by atoms with Crippen molar-refractivity contribution in [1.82, 2.24) is 10.2 Å². The van der Waals surface area contributed by atoms with E-state index in [4.69, 9.17) is 9.84 Å². The van der Waals surface area contributed by atoms with Crippen LogP contribution in [0.4, 0.5) is 5.82 Å². The van der Waals surface area contributed by atoms with Crippen LogP contribution in [0.15, 0.2) is 12.1 Å². The summed E-state index contributed by atoms with van der Waals surface area (Å²) in [6, 6.07) is 4.18. The Morgan fingerprint density at radius 1 is 1.38 bits per heavy atom. The number of nitrogens with zero attached hydrogens (tertiary/aromatic N) is 3. The number of rotatable bonds is 3. The zero-order chi connectivity index (χ0) is 11.4. The van der Waals surface area contributed by atoms with Crippen LogP contribution in [0.2, 0.25) is 0 Å². The van der Waals surface area contributed by atoms with Gasteiger partial charge in [0.25, 0.3) is 0 Å². The standard InChI is InChI=1S/C11H17N3O2/c1-14(10-4-6-16-7-5-10)11-3-2-9(8-15)12-13-11/h2-3,10,15H,4-8H2,1H3. The summed E-state index contributed by atoms with van der Waals surface area (Å²) in [5.41, 5.74) is 0.601. The van der Waals surface area contributed by atoms with Crippen molar-refractivity contribution in [3.63, 3.8) is 0 Å². The molecule has 0 saturated carbocycles. The Bertz CT molecular complexity index is 323. The Morgan fingerprint density at radius 2 is 2.12 bits per heavy atom. The fraction of sp³-hybridized carbons (Fsp3) is 0.636. The maximum absolute atomic E-state index is 8.88. The minimum atomic E-state index is -0.0612. The monoisotopic (exact) mass is 223 g/mol. The van der Waals surface area contributed by atoms with Gasteiger partial charge in [0.1, 0.15) is 0 Å². The van der Waals surface area contributed by atoms with Crippen LogP contribution in [-0.2, 0) is 11.3 Å². The molecule has 5 nitrogen and oxygen atoms in total. The molecule has 2 heterocycles. The average molecular weight is 223 g/mol. The topological polar surface area (TPSA) is 58.5 Å². The van der Waals surface area contributed by atoms with Gasteiger partial charge in [-0.3, -0.25) is 0 Å². The molecule has 0 amide bonds. The molecule has 1 aromatic heterocycles. The maximum Gasteiger partial charge on any atom is 0.151 e. The minimum Gasteiger partial charge on any atom is -0.390 e. The van der Waals surface area contributed by atoms with Crippen molar-refractivity contribution in [2.75, 3.05) is 25.2 Å². The lowest BCUT2D eigenvalue weighted by molar-refractivity contribution is 0.0853. The Balaban J connectivity index is 2.04. The summed E-state index contributed by atoms with van der Waals surface area (Å²) in [5.74, 6) is 0.851. The molecule has 2 rings (SSSR count). The summed E-state index contributed by atoms with van der Waals surface area (Å²) in [6.45, 7) is 1.57. The van der Waals surface area contributed by atoms with Crippen LogP contribution < -0.4 is 4.90 Å². The lowest BCUT2D eigenvalue weighted by atomic mass is 10.1. The number of aliphatic hydroxyl groups is 1. The first-order valence-electron chi connectivity index (χ1n) is 5.55. The molecule has 0 aromatic carbocycles. The second kappa shape index (κ2) is 5.23. The Kier molecular flexibility index (Phi) is 3.69. The number of hydrogen-bond donors (Lipinski definition) is 1. The van der Waals surface area contributed by atoms with E-state index in [1.165, 1.54) is 0 Å². The SMILES string of the molecule is CN(c1ccc(CO)nn1)C1CCOCC1. The third kappa shape index (κ3) is 2.48. The molecule has 1 aromatic rings. The summed E-state index contributed by atoms with van der Waals surface area (Å²) < 4.78 is 5.33. The second-order valence-electron chi connectivity index (χ2n) is 4.00. The first kappa shape index (κ1) is 11.3. The van der Waals surface area contributed by atoms with Crippen molar-refractivity contribution in [2.24, 2.45) is 0 Å². The molecule has 1 saturated heterocycles. The van der Waals surface area contributed by atoms with Crippen LogP contribution in [0.25, 0.3) is 0 Å². The summed E-state index contributed by atoms with van der Waals surface area (Å²) in [5, 5.41) is 16.9. The average Bonchev–Trinajstić information content (AvgIpc) is 2.39. The van der Waals surface area contributed by atoms with Crippen molar-refractivity contribution in [2.45, 2.75) is 25.5 Å². The fourth-order valence-corrected chi connectivity index (χ4v) is 1.88. The van der Waals surface area contributed by atoms with Crippen LogP contribution in [0, 0.1) is 0 Å². The van der Waals surface area contributed by atoms with Gasteiger partial charge in [0.2, 0.25) is 0 Å². The largest absolute Gasteiger partial charge is 0.390 e. The summed E-state index contributed by atoms with van der Waals surface area (Å²) in [4.78, 5) is 2.14. The highest BCUT2D eigenvalue weighted by molar-refractivity contribution is 5.37. The predicted octanol–water partition coefficient (Wildman–Crippen LogP) is 0.584. The summed E-state index contributed by atoms with van der Waals surface area (Å²) in [6.07, 6.45) is 2.06. The number of anilines is 1. The summed E-state index contributed by atoms with van der Waals surface area (Å²) >= 11 is 0. The molecular weight excluding hydrogens is 206 g/mol. The van der Waals surface area contributed by atoms with Gasteiger partial charge in [0.15, 0.2) is 5.82 Å². The van der Waals surface area contributed by atoms with E-state index in [-0.39, 0.29) is 6.61 Å². The predicted molar refractivity (Wildman–Crippen MR) is 60.2 cm³/mol. The van der Waals surface area contributed by atoms with E-state index in [1.807, 2.05) is 13.1 Å². The summed E-state index contributed by atoms with van der Waals surface area (Å²) in [7, 11) is 2.03. The van der Waals surface area contributed by atoms with Crippen molar-refractivity contribution in [3.8, 4) is 0 Å². The molecule has 0 aliphatic carbocycles. The van der Waals surface area contributed by atoms with Gasteiger partial charge in [0, 0.05) is 26.3 Å². The van der Waals surface area contributed by atoms with E-state index in [0.717, 1.165) is 31.9 Å². The van der Waals surface area contributed by atoms with E-state index in [2.05, 4.69) is 15.1 Å². The molecule has 1 fully saturated rings. The van der Waals surface area contributed by atoms with Gasteiger partial charge in [-0.15, -0.1) is 5.10 Å². The van der Waals surface area contributed by atoms with Gasteiger partial charge >= 0.3 is 0 Å². The van der Waals surface area contributed by atoms with Crippen LogP contribution in [0.5, 0.6) is 0 Å². The molecule has 16 heavy (non-hydrogen) atoms. The highest BCUT2D eigenvalue weighted by Gasteiger charge is 2.19. The molecule has 0 unspecified atom stereocenters. The van der Waals surface area contributed by atoms with Gasteiger partial charge < -0.3 is 14.7 Å². The molecule has 1 N–H and O–H groups in total. The van der Waals surface area contributed by atoms with E-state index in [9.17, 15) is 0 Å². The molecule has 88 valence electrons. The molecule has 0 radical (unpaired) electrons. The van der Waals surface area contributed by atoms with Gasteiger partial charge in [-0.2, -0.15) is 5.10 Å². The van der Waals surface area contributed by atoms with Gasteiger partial charge in [-0.25, -0.2) is 0 Å². The lowest BCUT2D eigenvalue weighted by Gasteiger charge is -2.31. The van der Waals surface area contributed by atoms with E-state index >= 15 is 0 Å². The minimum absolute atomic E-state index is 0.0612. The number of aromatic nitrogens is 2. The third-order valence-corrected chi connectivity index (χ3v) is 2.97. The van der Waals surface area contributed by atoms with Crippen molar-refractivity contribution >= 4 is 5.82 Å². The number of hydrogen-bond acceptors (Lipinski definition) is 5. The Hall–Kier alpha value is -1.20. The van der Waals surface area contributed by atoms with E-state index in [1.54, 1.807) is 6.07 Å². The normalized spacial score (nSPS) is 17.4.